The van der Waals surface area contributed by atoms with E-state index in [0.717, 1.165) is 4.31 Å². The van der Waals surface area contributed by atoms with Crippen LogP contribution in [0.1, 0.15) is 12.2 Å². The van der Waals surface area contributed by atoms with Crippen LogP contribution in [0, 0.1) is 0 Å². The third kappa shape index (κ3) is 5.43. The molecule has 2 rings (SSSR count). The molecule has 0 unspecified atom stereocenters. The summed E-state index contributed by atoms with van der Waals surface area (Å²) < 4.78 is 35.0. The largest absolute Gasteiger partial charge is 0.469 e. The van der Waals surface area contributed by atoms with E-state index in [-0.39, 0.29) is 11.3 Å². The van der Waals surface area contributed by atoms with Gasteiger partial charge in [-0.15, -0.1) is 0 Å². The van der Waals surface area contributed by atoms with E-state index in [2.05, 4.69) is 5.32 Å². The fourth-order valence-corrected chi connectivity index (χ4v) is 2.92. The van der Waals surface area contributed by atoms with Crippen molar-refractivity contribution in [1.82, 2.24) is 4.31 Å². The molecule has 26 heavy (non-hydrogen) atoms. The molecule has 1 aromatic heterocycles. The minimum absolute atomic E-state index is 0.109. The highest BCUT2D eigenvalue weighted by atomic mass is 32.2. The molecule has 8 nitrogen and oxygen atoms in total. The van der Waals surface area contributed by atoms with Gasteiger partial charge in [0.1, 0.15) is 5.76 Å². The molecular formula is C17H20N2O6S. The number of ether oxygens (including phenoxy) is 1. The number of benzene rings is 1. The van der Waals surface area contributed by atoms with E-state index in [1.807, 2.05) is 0 Å². The minimum Gasteiger partial charge on any atom is -0.469 e. The first-order valence-corrected chi connectivity index (χ1v) is 9.23. The molecule has 0 aliphatic carbocycles. The zero-order valence-corrected chi connectivity index (χ0v) is 15.3. The van der Waals surface area contributed by atoms with Crippen molar-refractivity contribution in [2.45, 2.75) is 17.7 Å². The molecule has 0 aliphatic rings. The Kier molecular flexibility index (Phi) is 6.53. The van der Waals surface area contributed by atoms with E-state index in [0.29, 0.717) is 17.9 Å². The number of nitrogens with one attached hydrogen (secondary N) is 1. The van der Waals surface area contributed by atoms with Crippen molar-refractivity contribution in [2.24, 2.45) is 0 Å². The topological polar surface area (TPSA) is 106 Å². The number of hydrogen-bond acceptors (Lipinski definition) is 6. The van der Waals surface area contributed by atoms with Crippen LogP contribution in [0.25, 0.3) is 0 Å². The Morgan fingerprint density at radius 3 is 2.42 bits per heavy atom. The Bertz CT molecular complexity index is 842. The van der Waals surface area contributed by atoms with E-state index in [4.69, 9.17) is 9.15 Å². The first kappa shape index (κ1) is 19.7. The van der Waals surface area contributed by atoms with Crippen molar-refractivity contribution in [3.05, 3.63) is 48.4 Å². The number of sulfonamides is 1. The van der Waals surface area contributed by atoms with E-state index >= 15 is 0 Å². The summed E-state index contributed by atoms with van der Waals surface area (Å²) in [6, 6.07) is 9.18. The van der Waals surface area contributed by atoms with E-state index in [1.165, 1.54) is 44.6 Å². The molecule has 1 heterocycles. The molecule has 0 radical (unpaired) electrons. The van der Waals surface area contributed by atoms with Crippen molar-refractivity contribution in [2.75, 3.05) is 26.0 Å². The highest BCUT2D eigenvalue weighted by molar-refractivity contribution is 7.89. The fraction of sp³-hybridized carbons (Fsp3) is 0.294. The van der Waals surface area contributed by atoms with Crippen LogP contribution in [0.4, 0.5) is 5.69 Å². The number of amides is 1. The first-order valence-electron chi connectivity index (χ1n) is 7.79. The predicted octanol–water partition coefficient (Wildman–Crippen LogP) is 1.64. The molecule has 0 aliphatic heterocycles. The van der Waals surface area contributed by atoms with E-state index in [9.17, 15) is 18.0 Å². The zero-order valence-electron chi connectivity index (χ0n) is 14.5. The molecule has 140 valence electrons. The molecule has 0 saturated carbocycles. The van der Waals surface area contributed by atoms with Crippen molar-refractivity contribution in [1.29, 1.82) is 0 Å². The Hall–Kier alpha value is -2.65. The molecule has 2 aromatic rings. The standard InChI is InChI=1S/C17H20N2O6S/c1-19(2)26(22,23)15-8-5-13(6-9-15)18-16(20)12-25-17(21)10-7-14-4-3-11-24-14/h3-6,8-9,11H,7,10,12H2,1-2H3,(H,18,20). The lowest BCUT2D eigenvalue weighted by molar-refractivity contribution is -0.147. The second-order valence-electron chi connectivity index (χ2n) is 5.60. The lowest BCUT2D eigenvalue weighted by Gasteiger charge is -2.12. The van der Waals surface area contributed by atoms with Gasteiger partial charge < -0.3 is 14.5 Å². The Morgan fingerprint density at radius 2 is 1.85 bits per heavy atom. The molecule has 1 N–H and O–H groups in total. The van der Waals surface area contributed by atoms with Crippen molar-refractivity contribution in [3.8, 4) is 0 Å². The molecule has 0 atom stereocenters. The molecular weight excluding hydrogens is 360 g/mol. The average Bonchev–Trinajstić information content (AvgIpc) is 3.12. The number of carbonyl (C=O) groups is 2. The quantitative estimate of drug-likeness (QED) is 0.698. The second kappa shape index (κ2) is 8.63. The smallest absolute Gasteiger partial charge is 0.306 e. The van der Waals surface area contributed by atoms with Gasteiger partial charge in [-0.2, -0.15) is 0 Å². The van der Waals surface area contributed by atoms with Gasteiger partial charge in [0, 0.05) is 26.2 Å². The van der Waals surface area contributed by atoms with Gasteiger partial charge in [-0.25, -0.2) is 12.7 Å². The molecule has 0 saturated heterocycles. The SMILES string of the molecule is CN(C)S(=O)(=O)c1ccc(NC(=O)COC(=O)CCc2ccco2)cc1. The monoisotopic (exact) mass is 380 g/mol. The third-order valence-corrected chi connectivity index (χ3v) is 5.27. The normalized spacial score (nSPS) is 11.3. The minimum atomic E-state index is -3.53. The third-order valence-electron chi connectivity index (χ3n) is 3.44. The number of rotatable bonds is 8. The van der Waals surface area contributed by atoms with Crippen LogP contribution in [-0.4, -0.2) is 45.3 Å². The maximum absolute atomic E-state index is 12.0. The summed E-state index contributed by atoms with van der Waals surface area (Å²) in [5, 5.41) is 2.53. The number of carbonyl (C=O) groups excluding carboxylic acids is 2. The van der Waals surface area contributed by atoms with Crippen LogP contribution in [0.15, 0.2) is 52.0 Å². The molecule has 0 spiro atoms. The lowest BCUT2D eigenvalue weighted by atomic mass is 10.2. The van der Waals surface area contributed by atoms with Crippen molar-refractivity contribution in [3.63, 3.8) is 0 Å². The maximum Gasteiger partial charge on any atom is 0.306 e. The summed E-state index contributed by atoms with van der Waals surface area (Å²) in [4.78, 5) is 23.5. The number of esters is 1. The molecule has 1 aromatic carbocycles. The summed E-state index contributed by atoms with van der Waals surface area (Å²) in [5.41, 5.74) is 0.402. The number of aryl methyl sites for hydroxylation is 1. The Labute approximate surface area is 151 Å². The van der Waals surface area contributed by atoms with Crippen LogP contribution in [0.3, 0.4) is 0 Å². The summed E-state index contributed by atoms with van der Waals surface area (Å²) in [6.07, 6.45) is 2.02. The van der Waals surface area contributed by atoms with Gasteiger partial charge >= 0.3 is 5.97 Å². The average molecular weight is 380 g/mol. The van der Waals surface area contributed by atoms with E-state index < -0.39 is 28.5 Å². The summed E-state index contributed by atoms with van der Waals surface area (Å²) >= 11 is 0. The van der Waals surface area contributed by atoms with Crippen LogP contribution < -0.4 is 5.32 Å². The molecule has 9 heteroatoms. The first-order chi connectivity index (χ1) is 12.3. The van der Waals surface area contributed by atoms with Gasteiger partial charge in [0.15, 0.2) is 6.61 Å². The van der Waals surface area contributed by atoms with Gasteiger partial charge in [0.2, 0.25) is 10.0 Å². The summed E-state index contributed by atoms with van der Waals surface area (Å²) in [6.45, 7) is -0.422. The Morgan fingerprint density at radius 1 is 1.15 bits per heavy atom. The van der Waals surface area contributed by atoms with Crippen LogP contribution >= 0.6 is 0 Å². The van der Waals surface area contributed by atoms with Gasteiger partial charge in [-0.3, -0.25) is 9.59 Å². The molecule has 1 amide bonds. The molecule has 0 fully saturated rings. The van der Waals surface area contributed by atoms with E-state index in [1.54, 1.807) is 12.1 Å². The summed E-state index contributed by atoms with van der Waals surface area (Å²) in [5.74, 6) is -0.359. The van der Waals surface area contributed by atoms with Gasteiger partial charge in [-0.1, -0.05) is 0 Å². The number of hydrogen-bond donors (Lipinski definition) is 1. The van der Waals surface area contributed by atoms with Gasteiger partial charge in [0.05, 0.1) is 17.6 Å². The highest BCUT2D eigenvalue weighted by Gasteiger charge is 2.17. The lowest BCUT2D eigenvalue weighted by Crippen LogP contribution is -2.22. The predicted molar refractivity (Wildman–Crippen MR) is 93.9 cm³/mol. The number of furan rings is 1. The van der Waals surface area contributed by atoms with Crippen LogP contribution in [-0.2, 0) is 30.8 Å². The number of nitrogens with zero attached hydrogens (tertiary/aromatic N) is 1. The second-order valence-corrected chi connectivity index (χ2v) is 7.75. The van der Waals surface area contributed by atoms with Crippen molar-refractivity contribution < 1.29 is 27.2 Å². The van der Waals surface area contributed by atoms with Crippen molar-refractivity contribution >= 4 is 27.6 Å². The van der Waals surface area contributed by atoms with Crippen LogP contribution in [0.2, 0.25) is 0 Å². The summed E-state index contributed by atoms with van der Waals surface area (Å²) in [7, 11) is -0.653. The fourth-order valence-electron chi connectivity index (χ4n) is 2.02. The van der Waals surface area contributed by atoms with Crippen LogP contribution in [0.5, 0.6) is 0 Å². The van der Waals surface area contributed by atoms with Gasteiger partial charge in [0.25, 0.3) is 5.91 Å². The molecule has 0 bridgehead atoms. The number of anilines is 1. The zero-order chi connectivity index (χ0) is 19.2. The highest BCUT2D eigenvalue weighted by Crippen LogP contribution is 2.16. The Balaban J connectivity index is 1.79. The maximum atomic E-state index is 12.0. The van der Waals surface area contributed by atoms with Gasteiger partial charge in [-0.05, 0) is 36.4 Å².